The molecule has 0 fully saturated rings. The number of carbonyl (C=O) groups excluding carboxylic acids is 2. The number of halogens is 4. The Morgan fingerprint density at radius 3 is 2.15 bits per heavy atom. The monoisotopic (exact) mass is 579 g/mol. The molecule has 1 unspecified atom stereocenters. The van der Waals surface area contributed by atoms with Crippen LogP contribution in [0.15, 0.2) is 30.3 Å². The average Bonchev–Trinajstić information content (AvgIpc) is 3.27. The van der Waals surface area contributed by atoms with Gasteiger partial charge in [0.25, 0.3) is 0 Å². The maximum atomic E-state index is 14.0. The van der Waals surface area contributed by atoms with Crippen molar-refractivity contribution in [3.8, 4) is 5.75 Å². The summed E-state index contributed by atoms with van der Waals surface area (Å²) in [6.07, 6.45) is -5.68. The van der Waals surface area contributed by atoms with Crippen molar-refractivity contribution in [2.24, 2.45) is 11.7 Å². The summed E-state index contributed by atoms with van der Waals surface area (Å²) in [4.78, 5) is 56.0. The van der Waals surface area contributed by atoms with Crippen LogP contribution in [0.4, 0.5) is 17.6 Å². The third-order valence-electron chi connectivity index (χ3n) is 4.50. The van der Waals surface area contributed by atoms with Crippen molar-refractivity contribution >= 4 is 47.0 Å². The predicted octanol–water partition coefficient (Wildman–Crippen LogP) is 2.25. The molecule has 1 aromatic heterocycles. The highest BCUT2D eigenvalue weighted by Gasteiger charge is 2.38. The van der Waals surface area contributed by atoms with Crippen LogP contribution in [0.1, 0.15) is 33.5 Å². The van der Waals surface area contributed by atoms with Crippen LogP contribution in [0.25, 0.3) is 0 Å². The van der Waals surface area contributed by atoms with Crippen LogP contribution in [0, 0.1) is 17.1 Å². The van der Waals surface area contributed by atoms with Crippen molar-refractivity contribution in [3.05, 3.63) is 51.5 Å². The number of carboxylic acids is 3. The summed E-state index contributed by atoms with van der Waals surface area (Å²) in [5.74, 6) is -9.28. The molecule has 0 spiro atoms. The van der Waals surface area contributed by atoms with E-state index in [0.29, 0.717) is 4.88 Å². The lowest BCUT2D eigenvalue weighted by Crippen LogP contribution is -2.44. The molecule has 1 amide bonds. The number of thiophene rings is 1. The molecule has 0 saturated carbocycles. The van der Waals surface area contributed by atoms with Crippen molar-refractivity contribution in [2.75, 3.05) is 0 Å². The number of ether oxygens (including phenoxy) is 1. The molecule has 7 N–H and O–H groups in total. The third-order valence-corrected chi connectivity index (χ3v) is 5.59. The second kappa shape index (κ2) is 13.8. The Hall–Kier alpha value is -4.54. The molecule has 2 atom stereocenters. The lowest BCUT2D eigenvalue weighted by molar-refractivity contribution is -0.192. The quantitative estimate of drug-likeness (QED) is 0.0793. The fourth-order valence-electron chi connectivity index (χ4n) is 2.58. The van der Waals surface area contributed by atoms with Crippen LogP contribution < -0.4 is 15.8 Å². The standard InChI is InChI=1S/C20H20FN3O7S.C2HF3O2/c1-9(18(27)24-13(19(28)29)8-16(25)26)6-11-3-5-15(32-11)20(30)31-14-4-2-10(17(22)23)7-12(14)21;3-2(4,5)1(6)7/h2-5,7,9,13H,6,8H2,1H3,(H3,22,23)(H,24,27)(H,25,26)(H,28,29);(H,6,7)/t9?,13-;/m1./s1. The molecule has 0 saturated heterocycles. The van der Waals surface area contributed by atoms with Crippen molar-refractivity contribution in [2.45, 2.75) is 32.0 Å². The summed E-state index contributed by atoms with van der Waals surface area (Å²) in [5, 5.41) is 34.3. The second-order valence-corrected chi connectivity index (χ2v) is 8.79. The number of aliphatic carboxylic acids is 3. The largest absolute Gasteiger partial charge is 0.490 e. The minimum Gasteiger partial charge on any atom is -0.481 e. The van der Waals surface area contributed by atoms with Gasteiger partial charge < -0.3 is 31.1 Å². The van der Waals surface area contributed by atoms with E-state index >= 15 is 0 Å². The highest BCUT2D eigenvalue weighted by Crippen LogP contribution is 2.24. The van der Waals surface area contributed by atoms with Crippen molar-refractivity contribution in [1.29, 1.82) is 5.41 Å². The summed E-state index contributed by atoms with van der Waals surface area (Å²) >= 11 is 1.01. The van der Waals surface area contributed by atoms with Crippen LogP contribution in [-0.2, 0) is 25.6 Å². The summed E-state index contributed by atoms with van der Waals surface area (Å²) in [6.45, 7) is 1.53. The molecule has 0 radical (unpaired) electrons. The number of hydrogen-bond acceptors (Lipinski definition) is 8. The van der Waals surface area contributed by atoms with Gasteiger partial charge in [0.1, 0.15) is 16.8 Å². The predicted molar refractivity (Wildman–Crippen MR) is 125 cm³/mol. The van der Waals surface area contributed by atoms with E-state index in [4.69, 9.17) is 36.0 Å². The zero-order valence-corrected chi connectivity index (χ0v) is 20.6. The van der Waals surface area contributed by atoms with E-state index in [1.165, 1.54) is 25.1 Å². The minimum absolute atomic E-state index is 0.140. The summed E-state index contributed by atoms with van der Waals surface area (Å²) < 4.78 is 50.8. The molecular formula is C22H21F4N3O9S. The van der Waals surface area contributed by atoms with E-state index in [9.17, 15) is 36.7 Å². The number of carboxylic acid groups (broad SMARTS) is 3. The third kappa shape index (κ3) is 10.8. The molecule has 0 bridgehead atoms. The Labute approximate surface area is 220 Å². The maximum absolute atomic E-state index is 14.0. The Morgan fingerprint density at radius 2 is 1.69 bits per heavy atom. The van der Waals surface area contributed by atoms with Gasteiger partial charge in [0.2, 0.25) is 5.91 Å². The van der Waals surface area contributed by atoms with Gasteiger partial charge in [-0.2, -0.15) is 13.2 Å². The highest BCUT2D eigenvalue weighted by molar-refractivity contribution is 7.13. The number of rotatable bonds is 10. The van der Waals surface area contributed by atoms with Crippen LogP contribution in [0.5, 0.6) is 5.75 Å². The molecule has 212 valence electrons. The normalized spacial score (nSPS) is 12.2. The number of nitrogen functional groups attached to an aromatic ring is 1. The maximum Gasteiger partial charge on any atom is 0.490 e. The highest BCUT2D eigenvalue weighted by atomic mass is 32.1. The fraction of sp³-hybridized carbons (Fsp3) is 0.273. The molecule has 0 aliphatic rings. The molecule has 0 aliphatic carbocycles. The van der Waals surface area contributed by atoms with E-state index in [1.54, 1.807) is 6.07 Å². The topological polar surface area (TPSA) is 217 Å². The number of hydrogen-bond donors (Lipinski definition) is 6. The lowest BCUT2D eigenvalue weighted by atomic mass is 10.0. The number of nitrogens with two attached hydrogens (primary N) is 1. The van der Waals surface area contributed by atoms with Crippen LogP contribution in [-0.4, -0.2) is 63.2 Å². The average molecular weight is 579 g/mol. The van der Waals surface area contributed by atoms with E-state index in [0.717, 1.165) is 17.4 Å². The van der Waals surface area contributed by atoms with Gasteiger partial charge in [-0.05, 0) is 36.8 Å². The number of amides is 1. The zero-order chi connectivity index (χ0) is 30.1. The van der Waals surface area contributed by atoms with Crippen LogP contribution in [0.2, 0.25) is 0 Å². The Kier molecular flexibility index (Phi) is 11.5. The van der Waals surface area contributed by atoms with Gasteiger partial charge in [-0.3, -0.25) is 15.0 Å². The van der Waals surface area contributed by atoms with Crippen molar-refractivity contribution < 1.29 is 61.6 Å². The summed E-state index contributed by atoms with van der Waals surface area (Å²) in [7, 11) is 0. The Bertz CT molecular complexity index is 1260. The molecule has 1 heterocycles. The van der Waals surface area contributed by atoms with Gasteiger partial charge in [0, 0.05) is 16.4 Å². The van der Waals surface area contributed by atoms with Crippen molar-refractivity contribution in [1.82, 2.24) is 5.32 Å². The Balaban J connectivity index is 0.000000956. The molecular weight excluding hydrogens is 558 g/mol. The Morgan fingerprint density at radius 1 is 1.10 bits per heavy atom. The number of alkyl halides is 3. The molecule has 1 aromatic carbocycles. The number of carbonyl (C=O) groups is 5. The first-order chi connectivity index (χ1) is 17.9. The van der Waals surface area contributed by atoms with Gasteiger partial charge >= 0.3 is 30.1 Å². The smallest absolute Gasteiger partial charge is 0.481 e. The van der Waals surface area contributed by atoms with Gasteiger partial charge in [-0.25, -0.2) is 18.8 Å². The second-order valence-electron chi connectivity index (χ2n) is 7.62. The summed E-state index contributed by atoms with van der Waals surface area (Å²) in [5.41, 5.74) is 5.42. The molecule has 12 nitrogen and oxygen atoms in total. The first kappa shape index (κ1) is 32.5. The van der Waals surface area contributed by atoms with E-state index < -0.39 is 60.2 Å². The molecule has 0 aliphatic heterocycles. The molecule has 2 aromatic rings. The lowest BCUT2D eigenvalue weighted by Gasteiger charge is -2.16. The van der Waals surface area contributed by atoms with Crippen molar-refractivity contribution in [3.63, 3.8) is 0 Å². The van der Waals surface area contributed by atoms with Crippen LogP contribution in [0.3, 0.4) is 0 Å². The van der Waals surface area contributed by atoms with Gasteiger partial charge in [-0.15, -0.1) is 11.3 Å². The molecule has 17 heteroatoms. The molecule has 39 heavy (non-hydrogen) atoms. The SMILES string of the molecule is CC(Cc1ccc(C(=O)Oc2ccc(C(=N)N)cc2F)s1)C(=O)N[C@H](CC(=O)O)C(=O)O.O=C(O)C(F)(F)F. The summed E-state index contributed by atoms with van der Waals surface area (Å²) in [6, 6.07) is 4.95. The number of nitrogens with one attached hydrogen (secondary N) is 2. The zero-order valence-electron chi connectivity index (χ0n) is 19.7. The first-order valence-corrected chi connectivity index (χ1v) is 11.2. The van der Waals surface area contributed by atoms with Gasteiger partial charge in [-0.1, -0.05) is 6.92 Å². The van der Waals surface area contributed by atoms with E-state index in [-0.39, 0.29) is 28.4 Å². The number of amidine groups is 1. The van der Waals surface area contributed by atoms with Gasteiger partial charge in [0.05, 0.1) is 6.42 Å². The number of esters is 1. The van der Waals surface area contributed by atoms with E-state index in [2.05, 4.69) is 5.32 Å². The van der Waals surface area contributed by atoms with Crippen LogP contribution >= 0.6 is 11.3 Å². The fourth-order valence-corrected chi connectivity index (χ4v) is 3.59. The molecule has 2 rings (SSSR count). The number of benzene rings is 1. The minimum atomic E-state index is -5.08. The van der Waals surface area contributed by atoms with Gasteiger partial charge in [0.15, 0.2) is 11.6 Å². The first-order valence-electron chi connectivity index (χ1n) is 10.4. The van der Waals surface area contributed by atoms with E-state index in [1.807, 2.05) is 0 Å².